The SMILES string of the molecule is CN(C(=O)CCCCN1CCNCC1)C1CC1. The Balaban J connectivity index is 1.51. The zero-order chi connectivity index (χ0) is 12.1. The third kappa shape index (κ3) is 4.28. The van der Waals surface area contributed by atoms with E-state index in [1.807, 2.05) is 11.9 Å². The summed E-state index contributed by atoms with van der Waals surface area (Å²) in [5.74, 6) is 0.341. The minimum Gasteiger partial charge on any atom is -0.343 e. The molecule has 0 bridgehead atoms. The maximum absolute atomic E-state index is 11.8. The van der Waals surface area contributed by atoms with Crippen LogP contribution in [0.25, 0.3) is 0 Å². The summed E-state index contributed by atoms with van der Waals surface area (Å²) >= 11 is 0. The van der Waals surface area contributed by atoms with E-state index >= 15 is 0 Å². The molecule has 0 aromatic heterocycles. The summed E-state index contributed by atoms with van der Waals surface area (Å²) in [5.41, 5.74) is 0. The molecule has 0 unspecified atom stereocenters. The minimum absolute atomic E-state index is 0.341. The van der Waals surface area contributed by atoms with Crippen LogP contribution in [0.3, 0.4) is 0 Å². The number of carbonyl (C=O) groups excluding carboxylic acids is 1. The number of amides is 1. The zero-order valence-corrected chi connectivity index (χ0v) is 11.0. The lowest BCUT2D eigenvalue weighted by atomic mass is 10.2. The van der Waals surface area contributed by atoms with Crippen molar-refractivity contribution in [2.75, 3.05) is 39.8 Å². The molecule has 2 rings (SSSR count). The predicted octanol–water partition coefficient (Wildman–Crippen LogP) is 0.683. The van der Waals surface area contributed by atoms with Crippen molar-refractivity contribution in [2.45, 2.75) is 38.1 Å². The monoisotopic (exact) mass is 239 g/mol. The van der Waals surface area contributed by atoms with Gasteiger partial charge in [-0.15, -0.1) is 0 Å². The van der Waals surface area contributed by atoms with Gasteiger partial charge in [0.1, 0.15) is 0 Å². The topological polar surface area (TPSA) is 35.6 Å². The molecule has 0 aromatic rings. The highest BCUT2D eigenvalue weighted by Gasteiger charge is 2.28. The van der Waals surface area contributed by atoms with Gasteiger partial charge in [0.15, 0.2) is 0 Å². The van der Waals surface area contributed by atoms with Crippen LogP contribution in [0.15, 0.2) is 0 Å². The second-order valence-electron chi connectivity index (χ2n) is 5.28. The molecule has 4 nitrogen and oxygen atoms in total. The van der Waals surface area contributed by atoms with E-state index in [-0.39, 0.29) is 0 Å². The van der Waals surface area contributed by atoms with Gasteiger partial charge in [-0.1, -0.05) is 0 Å². The first kappa shape index (κ1) is 12.8. The average molecular weight is 239 g/mol. The van der Waals surface area contributed by atoms with E-state index in [4.69, 9.17) is 0 Å². The normalized spacial score (nSPS) is 21.5. The summed E-state index contributed by atoms with van der Waals surface area (Å²) in [5, 5.41) is 3.36. The molecule has 17 heavy (non-hydrogen) atoms. The van der Waals surface area contributed by atoms with Gasteiger partial charge >= 0.3 is 0 Å². The Labute approximate surface area is 104 Å². The Hall–Kier alpha value is -0.610. The van der Waals surface area contributed by atoms with Gasteiger partial charge in [-0.2, -0.15) is 0 Å². The van der Waals surface area contributed by atoms with Crippen LogP contribution < -0.4 is 5.32 Å². The number of nitrogens with zero attached hydrogens (tertiary/aromatic N) is 2. The molecule has 2 aliphatic rings. The first-order valence-electron chi connectivity index (χ1n) is 6.96. The van der Waals surface area contributed by atoms with E-state index < -0.39 is 0 Å². The minimum atomic E-state index is 0.341. The van der Waals surface area contributed by atoms with E-state index in [1.165, 1.54) is 12.8 Å². The van der Waals surface area contributed by atoms with Crippen molar-refractivity contribution in [3.8, 4) is 0 Å². The molecule has 4 heteroatoms. The third-order valence-electron chi connectivity index (χ3n) is 3.81. The van der Waals surface area contributed by atoms with Gasteiger partial charge < -0.3 is 15.1 Å². The van der Waals surface area contributed by atoms with Crippen molar-refractivity contribution in [3.63, 3.8) is 0 Å². The second-order valence-corrected chi connectivity index (χ2v) is 5.28. The maximum Gasteiger partial charge on any atom is 0.222 e. The molecular formula is C13H25N3O. The van der Waals surface area contributed by atoms with Crippen LogP contribution in [0.2, 0.25) is 0 Å². The van der Waals surface area contributed by atoms with Gasteiger partial charge in [-0.3, -0.25) is 4.79 Å². The van der Waals surface area contributed by atoms with Crippen LogP contribution in [0.5, 0.6) is 0 Å². The molecule has 98 valence electrons. The third-order valence-corrected chi connectivity index (χ3v) is 3.81. The fraction of sp³-hybridized carbons (Fsp3) is 0.923. The fourth-order valence-electron chi connectivity index (χ4n) is 2.39. The maximum atomic E-state index is 11.8. The van der Waals surface area contributed by atoms with Crippen molar-refractivity contribution in [1.82, 2.24) is 15.1 Å². The molecule has 1 saturated heterocycles. The summed E-state index contributed by atoms with van der Waals surface area (Å²) in [6, 6.07) is 0.565. The number of piperazine rings is 1. The lowest BCUT2D eigenvalue weighted by Gasteiger charge is -2.27. The van der Waals surface area contributed by atoms with Crippen LogP contribution in [0.4, 0.5) is 0 Å². The smallest absolute Gasteiger partial charge is 0.222 e. The number of unbranched alkanes of at least 4 members (excludes halogenated alkanes) is 1. The fourth-order valence-corrected chi connectivity index (χ4v) is 2.39. The van der Waals surface area contributed by atoms with Gasteiger partial charge in [0.05, 0.1) is 0 Å². The number of hydrogen-bond acceptors (Lipinski definition) is 3. The Kier molecular flexibility index (Phi) is 4.80. The van der Waals surface area contributed by atoms with Crippen molar-refractivity contribution >= 4 is 5.91 Å². The van der Waals surface area contributed by atoms with E-state index in [1.54, 1.807) is 0 Å². The highest BCUT2D eigenvalue weighted by molar-refractivity contribution is 5.76. The summed E-state index contributed by atoms with van der Waals surface area (Å²) in [6.07, 6.45) is 5.36. The van der Waals surface area contributed by atoms with Gasteiger partial charge in [0.25, 0.3) is 0 Å². The van der Waals surface area contributed by atoms with E-state index in [0.29, 0.717) is 11.9 Å². The molecular weight excluding hydrogens is 214 g/mol. The Morgan fingerprint density at radius 2 is 2.00 bits per heavy atom. The zero-order valence-electron chi connectivity index (χ0n) is 11.0. The van der Waals surface area contributed by atoms with Crippen LogP contribution in [0.1, 0.15) is 32.1 Å². The van der Waals surface area contributed by atoms with Crippen molar-refractivity contribution < 1.29 is 4.79 Å². The standard InChI is InChI=1S/C13H25N3O/c1-15(12-5-6-12)13(17)4-2-3-9-16-10-7-14-8-11-16/h12,14H,2-11H2,1H3. The quantitative estimate of drug-likeness (QED) is 0.693. The Morgan fingerprint density at radius 3 is 2.65 bits per heavy atom. The number of rotatable bonds is 6. The molecule has 1 aliphatic carbocycles. The summed E-state index contributed by atoms with van der Waals surface area (Å²) in [6.45, 7) is 5.71. The average Bonchev–Trinajstić information content (AvgIpc) is 3.19. The first-order chi connectivity index (χ1) is 8.27. The molecule has 1 heterocycles. The van der Waals surface area contributed by atoms with E-state index in [2.05, 4.69) is 10.2 Å². The van der Waals surface area contributed by atoms with Crippen molar-refractivity contribution in [1.29, 1.82) is 0 Å². The van der Waals surface area contributed by atoms with Crippen LogP contribution >= 0.6 is 0 Å². The summed E-state index contributed by atoms with van der Waals surface area (Å²) < 4.78 is 0. The van der Waals surface area contributed by atoms with Gasteiger partial charge in [-0.05, 0) is 32.2 Å². The van der Waals surface area contributed by atoms with E-state index in [9.17, 15) is 4.79 Å². The molecule has 0 spiro atoms. The largest absolute Gasteiger partial charge is 0.343 e. The second kappa shape index (κ2) is 6.36. The molecule has 0 aromatic carbocycles. The molecule has 1 aliphatic heterocycles. The summed E-state index contributed by atoms with van der Waals surface area (Å²) in [7, 11) is 1.95. The van der Waals surface area contributed by atoms with Crippen LogP contribution in [0, 0.1) is 0 Å². The highest BCUT2D eigenvalue weighted by atomic mass is 16.2. The lowest BCUT2D eigenvalue weighted by molar-refractivity contribution is -0.130. The molecule has 0 radical (unpaired) electrons. The molecule has 1 N–H and O–H groups in total. The van der Waals surface area contributed by atoms with Gasteiger partial charge in [0, 0.05) is 45.7 Å². The molecule has 1 saturated carbocycles. The summed E-state index contributed by atoms with van der Waals surface area (Å²) in [4.78, 5) is 16.2. The van der Waals surface area contributed by atoms with Crippen molar-refractivity contribution in [3.05, 3.63) is 0 Å². The molecule has 1 amide bonds. The molecule has 0 atom stereocenters. The van der Waals surface area contributed by atoms with Gasteiger partial charge in [0.2, 0.25) is 5.91 Å². The number of carbonyl (C=O) groups is 1. The number of hydrogen-bond donors (Lipinski definition) is 1. The van der Waals surface area contributed by atoms with E-state index in [0.717, 1.165) is 52.0 Å². The lowest BCUT2D eigenvalue weighted by Crippen LogP contribution is -2.43. The Morgan fingerprint density at radius 1 is 1.29 bits per heavy atom. The van der Waals surface area contributed by atoms with Gasteiger partial charge in [-0.25, -0.2) is 0 Å². The van der Waals surface area contributed by atoms with Crippen molar-refractivity contribution in [2.24, 2.45) is 0 Å². The first-order valence-corrected chi connectivity index (χ1v) is 6.96. The van der Waals surface area contributed by atoms with Crippen LogP contribution in [-0.4, -0.2) is 61.5 Å². The predicted molar refractivity (Wildman–Crippen MR) is 69.0 cm³/mol. The Bertz CT molecular complexity index is 247. The highest BCUT2D eigenvalue weighted by Crippen LogP contribution is 2.25. The van der Waals surface area contributed by atoms with Crippen LogP contribution in [-0.2, 0) is 4.79 Å². The number of nitrogens with one attached hydrogen (secondary N) is 1. The molecule has 2 fully saturated rings.